The van der Waals surface area contributed by atoms with E-state index < -0.39 is 0 Å². The maximum Gasteiger partial charge on any atom is 0.254 e. The second-order valence-corrected chi connectivity index (χ2v) is 7.51. The molecule has 138 valence electrons. The van der Waals surface area contributed by atoms with Crippen molar-refractivity contribution in [3.8, 4) is 0 Å². The van der Waals surface area contributed by atoms with Gasteiger partial charge in [-0.05, 0) is 31.0 Å². The third-order valence-electron chi connectivity index (χ3n) is 5.99. The lowest BCUT2D eigenvalue weighted by Crippen LogP contribution is -2.49. The largest absolute Gasteiger partial charge is 0.394 e. The summed E-state index contributed by atoms with van der Waals surface area (Å²) in [5, 5.41) is 10.1. The van der Waals surface area contributed by atoms with Crippen molar-refractivity contribution in [3.05, 3.63) is 35.9 Å². The van der Waals surface area contributed by atoms with E-state index in [1.807, 2.05) is 35.2 Å². The summed E-state index contributed by atoms with van der Waals surface area (Å²) in [7, 11) is 2.17. The van der Waals surface area contributed by atoms with E-state index in [-0.39, 0.29) is 18.6 Å². The van der Waals surface area contributed by atoms with Crippen molar-refractivity contribution in [3.63, 3.8) is 0 Å². The van der Waals surface area contributed by atoms with Gasteiger partial charge in [0.15, 0.2) is 0 Å². The number of likely N-dealkylation sites (N-methyl/N-ethyl adjacent to an activating group) is 1. The van der Waals surface area contributed by atoms with Gasteiger partial charge in [0.2, 0.25) is 0 Å². The van der Waals surface area contributed by atoms with Crippen LogP contribution in [0.15, 0.2) is 30.3 Å². The number of aliphatic hydroxyl groups excluding tert-OH is 1. The Hall–Kier alpha value is -1.43. The zero-order valence-electron chi connectivity index (χ0n) is 15.5. The summed E-state index contributed by atoms with van der Waals surface area (Å²) in [5.41, 5.74) is 0.719. The monoisotopic (exact) mass is 345 g/mol. The molecule has 5 heteroatoms. The second kappa shape index (κ2) is 8.30. The van der Waals surface area contributed by atoms with Gasteiger partial charge in [0.25, 0.3) is 5.91 Å². The van der Waals surface area contributed by atoms with Crippen molar-refractivity contribution in [2.24, 2.45) is 11.8 Å². The number of amides is 1. The van der Waals surface area contributed by atoms with Gasteiger partial charge in [0, 0.05) is 44.8 Å². The Bertz CT molecular complexity index is 557. The molecule has 0 saturated carbocycles. The fourth-order valence-electron chi connectivity index (χ4n) is 4.31. The van der Waals surface area contributed by atoms with Crippen LogP contribution in [0.25, 0.3) is 0 Å². The van der Waals surface area contributed by atoms with Crippen molar-refractivity contribution in [2.45, 2.75) is 19.4 Å². The molecule has 1 aromatic rings. The minimum atomic E-state index is -0.0719. The first-order valence-electron chi connectivity index (χ1n) is 9.51. The fraction of sp³-hybridized carbons (Fsp3) is 0.650. The molecule has 2 heterocycles. The number of benzene rings is 1. The lowest BCUT2D eigenvalue weighted by molar-refractivity contribution is 0.0591. The first-order valence-corrected chi connectivity index (χ1v) is 9.51. The fourth-order valence-corrected chi connectivity index (χ4v) is 4.31. The zero-order chi connectivity index (χ0) is 17.8. The molecule has 0 aromatic heterocycles. The Morgan fingerprint density at radius 2 is 1.84 bits per heavy atom. The number of rotatable bonds is 5. The maximum atomic E-state index is 13.0. The van der Waals surface area contributed by atoms with Gasteiger partial charge in [0.05, 0.1) is 12.6 Å². The van der Waals surface area contributed by atoms with Gasteiger partial charge in [-0.15, -0.1) is 0 Å². The topological polar surface area (TPSA) is 47.0 Å². The van der Waals surface area contributed by atoms with E-state index in [0.29, 0.717) is 11.8 Å². The molecule has 1 aromatic carbocycles. The van der Waals surface area contributed by atoms with E-state index in [9.17, 15) is 9.90 Å². The zero-order valence-corrected chi connectivity index (χ0v) is 15.5. The number of piperazine rings is 1. The molecule has 5 nitrogen and oxygen atoms in total. The van der Waals surface area contributed by atoms with Crippen LogP contribution in [0.3, 0.4) is 0 Å². The minimum Gasteiger partial charge on any atom is -0.394 e. The highest BCUT2D eigenvalue weighted by molar-refractivity contribution is 5.94. The molecule has 25 heavy (non-hydrogen) atoms. The highest BCUT2D eigenvalue weighted by atomic mass is 16.3. The minimum absolute atomic E-state index is 0.0491. The lowest BCUT2D eigenvalue weighted by atomic mass is 9.88. The van der Waals surface area contributed by atoms with Crippen molar-refractivity contribution in [1.82, 2.24) is 14.7 Å². The molecular formula is C20H31N3O2. The SMILES string of the molecule is CC[C@@H]1CN(C(=O)c2ccccc2)[C@H](CO)[C@@H]1CN1CCN(C)CC1. The summed E-state index contributed by atoms with van der Waals surface area (Å²) in [4.78, 5) is 19.7. The number of aliphatic hydroxyl groups is 1. The van der Waals surface area contributed by atoms with Gasteiger partial charge in [0.1, 0.15) is 0 Å². The number of carbonyl (C=O) groups is 1. The second-order valence-electron chi connectivity index (χ2n) is 7.51. The Balaban J connectivity index is 1.72. The van der Waals surface area contributed by atoms with E-state index in [2.05, 4.69) is 23.8 Å². The molecule has 1 amide bonds. The third-order valence-corrected chi connectivity index (χ3v) is 5.99. The van der Waals surface area contributed by atoms with Crippen LogP contribution >= 0.6 is 0 Å². The third kappa shape index (κ3) is 4.05. The van der Waals surface area contributed by atoms with Crippen LogP contribution in [0.4, 0.5) is 0 Å². The van der Waals surface area contributed by atoms with Crippen LogP contribution in [0.1, 0.15) is 23.7 Å². The van der Waals surface area contributed by atoms with Gasteiger partial charge < -0.3 is 19.8 Å². The van der Waals surface area contributed by atoms with Gasteiger partial charge in [-0.1, -0.05) is 31.5 Å². The average Bonchev–Trinajstić information content (AvgIpc) is 3.01. The van der Waals surface area contributed by atoms with Crippen LogP contribution in [0, 0.1) is 11.8 Å². The molecule has 0 radical (unpaired) electrons. The number of hydrogen-bond donors (Lipinski definition) is 1. The predicted molar refractivity (Wildman–Crippen MR) is 99.6 cm³/mol. The smallest absolute Gasteiger partial charge is 0.254 e. The lowest BCUT2D eigenvalue weighted by Gasteiger charge is -2.36. The van der Waals surface area contributed by atoms with Crippen LogP contribution in [0.5, 0.6) is 0 Å². The quantitative estimate of drug-likeness (QED) is 0.876. The van der Waals surface area contributed by atoms with Crippen LogP contribution in [-0.2, 0) is 0 Å². The van der Waals surface area contributed by atoms with E-state index in [1.165, 1.54) is 0 Å². The van der Waals surface area contributed by atoms with Crippen LogP contribution < -0.4 is 0 Å². The first kappa shape index (κ1) is 18.4. The Morgan fingerprint density at radius 3 is 2.44 bits per heavy atom. The molecule has 2 aliphatic rings. The van der Waals surface area contributed by atoms with E-state index >= 15 is 0 Å². The van der Waals surface area contributed by atoms with E-state index in [1.54, 1.807) is 0 Å². The maximum absolute atomic E-state index is 13.0. The average molecular weight is 345 g/mol. The first-order chi connectivity index (χ1) is 12.1. The summed E-state index contributed by atoms with van der Waals surface area (Å²) < 4.78 is 0. The van der Waals surface area contributed by atoms with E-state index in [0.717, 1.165) is 51.3 Å². The van der Waals surface area contributed by atoms with Gasteiger partial charge in [-0.2, -0.15) is 0 Å². The molecule has 2 fully saturated rings. The Morgan fingerprint density at radius 1 is 1.16 bits per heavy atom. The summed E-state index contributed by atoms with van der Waals surface area (Å²) in [5.74, 6) is 0.870. The predicted octanol–water partition coefficient (Wildman–Crippen LogP) is 1.39. The molecule has 2 saturated heterocycles. The van der Waals surface area contributed by atoms with Crippen molar-refractivity contribution in [1.29, 1.82) is 0 Å². The number of hydrogen-bond acceptors (Lipinski definition) is 4. The van der Waals surface area contributed by atoms with Gasteiger partial charge in [-0.3, -0.25) is 4.79 Å². The molecule has 2 aliphatic heterocycles. The van der Waals surface area contributed by atoms with Crippen molar-refractivity contribution in [2.75, 3.05) is 52.9 Å². The van der Waals surface area contributed by atoms with Crippen molar-refractivity contribution < 1.29 is 9.90 Å². The summed E-state index contributed by atoms with van der Waals surface area (Å²) in [6.45, 7) is 8.34. The highest BCUT2D eigenvalue weighted by Gasteiger charge is 2.43. The molecular weight excluding hydrogens is 314 g/mol. The molecule has 0 aliphatic carbocycles. The number of nitrogens with zero attached hydrogens (tertiary/aromatic N) is 3. The summed E-state index contributed by atoms with van der Waals surface area (Å²) in [6.07, 6.45) is 1.05. The van der Waals surface area contributed by atoms with Crippen LogP contribution in [0.2, 0.25) is 0 Å². The van der Waals surface area contributed by atoms with Gasteiger partial charge >= 0.3 is 0 Å². The molecule has 1 N–H and O–H groups in total. The van der Waals surface area contributed by atoms with Crippen LogP contribution in [-0.4, -0.2) is 84.7 Å². The molecule has 0 bridgehead atoms. The van der Waals surface area contributed by atoms with Gasteiger partial charge in [-0.25, -0.2) is 0 Å². The summed E-state index contributed by atoms with van der Waals surface area (Å²) >= 11 is 0. The number of likely N-dealkylation sites (tertiary alicyclic amines) is 1. The van der Waals surface area contributed by atoms with Crippen molar-refractivity contribution >= 4 is 5.91 Å². The molecule has 0 spiro atoms. The normalized spacial score (nSPS) is 28.4. The highest BCUT2D eigenvalue weighted by Crippen LogP contribution is 2.34. The molecule has 3 atom stereocenters. The van der Waals surface area contributed by atoms with E-state index in [4.69, 9.17) is 0 Å². The Labute approximate surface area is 151 Å². The Kier molecular flexibility index (Phi) is 6.10. The molecule has 3 rings (SSSR count). The standard InChI is InChI=1S/C20H31N3O2/c1-3-16-13-23(20(25)17-7-5-4-6-8-17)19(15-24)18(16)14-22-11-9-21(2)10-12-22/h4-8,16,18-19,24H,3,9-15H2,1-2H3/t16-,18-,19-/m1/s1. The summed E-state index contributed by atoms with van der Waals surface area (Å²) in [6, 6.07) is 9.39. The number of carbonyl (C=O) groups excluding carboxylic acids is 1. The molecule has 0 unspecified atom stereocenters.